The van der Waals surface area contributed by atoms with Gasteiger partial charge in [0.15, 0.2) is 0 Å². The van der Waals surface area contributed by atoms with Crippen molar-refractivity contribution in [2.75, 3.05) is 14.1 Å². The van der Waals surface area contributed by atoms with E-state index in [-0.39, 0.29) is 24.2 Å². The Balaban J connectivity index is 4.07. The van der Waals surface area contributed by atoms with Crippen LogP contribution in [-0.2, 0) is 14.4 Å². The summed E-state index contributed by atoms with van der Waals surface area (Å²) in [7, 11) is 3.32. The van der Waals surface area contributed by atoms with Crippen LogP contribution in [0, 0.1) is 5.92 Å². The van der Waals surface area contributed by atoms with Gasteiger partial charge in [-0.05, 0) is 18.8 Å². The minimum atomic E-state index is -1.02. The first-order valence-electron chi connectivity index (χ1n) is 6.46. The number of rotatable bonds is 8. The minimum absolute atomic E-state index is 0.0373. The summed E-state index contributed by atoms with van der Waals surface area (Å²) >= 11 is 0. The molecule has 2 N–H and O–H groups in total. The Hall–Kier alpha value is -1.59. The predicted octanol–water partition coefficient (Wildman–Crippen LogP) is 0.860. The Bertz CT molecular complexity index is 327. The summed E-state index contributed by atoms with van der Waals surface area (Å²) in [4.78, 5) is 35.3. The second kappa shape index (κ2) is 8.50. The Labute approximate surface area is 114 Å². The van der Waals surface area contributed by atoms with Crippen molar-refractivity contribution >= 4 is 17.8 Å². The molecule has 0 aliphatic carbocycles. The van der Waals surface area contributed by atoms with Crippen LogP contribution in [0.1, 0.15) is 39.5 Å². The summed E-state index contributed by atoms with van der Waals surface area (Å²) in [5, 5.41) is 11.5. The van der Waals surface area contributed by atoms with Gasteiger partial charge in [-0.15, -0.1) is 0 Å². The summed E-state index contributed by atoms with van der Waals surface area (Å²) in [6.45, 7) is 3.80. The number of carboxylic acid groups (broad SMARTS) is 1. The Morgan fingerprint density at radius 1 is 1.16 bits per heavy atom. The molecule has 0 radical (unpaired) electrons. The molecule has 0 unspecified atom stereocenters. The lowest BCUT2D eigenvalue weighted by Crippen LogP contribution is -2.41. The number of hydrogen-bond donors (Lipinski definition) is 2. The molecule has 6 nitrogen and oxygen atoms in total. The van der Waals surface area contributed by atoms with Crippen molar-refractivity contribution in [2.24, 2.45) is 5.92 Å². The number of aliphatic carboxylic acids is 1. The summed E-state index contributed by atoms with van der Waals surface area (Å²) in [6.07, 6.45) is 1.29. The average Bonchev–Trinajstić information content (AvgIpc) is 2.26. The van der Waals surface area contributed by atoms with Gasteiger partial charge in [0, 0.05) is 26.9 Å². The number of carbonyl (C=O) groups is 3. The maximum absolute atomic E-state index is 11.6. The summed E-state index contributed by atoms with van der Waals surface area (Å²) < 4.78 is 0. The largest absolute Gasteiger partial charge is 0.480 e. The van der Waals surface area contributed by atoms with E-state index in [9.17, 15) is 14.4 Å². The molecule has 0 fully saturated rings. The third-order valence-electron chi connectivity index (χ3n) is 2.63. The summed E-state index contributed by atoms with van der Waals surface area (Å²) in [5.74, 6) is -1.19. The molecule has 0 spiro atoms. The first-order valence-corrected chi connectivity index (χ1v) is 6.46. The second-order valence-electron chi connectivity index (χ2n) is 5.23. The average molecular weight is 272 g/mol. The molecule has 6 heteroatoms. The van der Waals surface area contributed by atoms with Crippen LogP contribution in [0.5, 0.6) is 0 Å². The molecular formula is C13H24N2O4. The molecule has 0 aromatic heterocycles. The fraction of sp³-hybridized carbons (Fsp3) is 0.769. The van der Waals surface area contributed by atoms with E-state index in [0.717, 1.165) is 0 Å². The van der Waals surface area contributed by atoms with Crippen LogP contribution in [0.3, 0.4) is 0 Å². The van der Waals surface area contributed by atoms with Gasteiger partial charge in [-0.2, -0.15) is 0 Å². The molecule has 0 saturated carbocycles. The Kier molecular flexibility index (Phi) is 7.79. The highest BCUT2D eigenvalue weighted by molar-refractivity contribution is 5.84. The first kappa shape index (κ1) is 17.4. The predicted molar refractivity (Wildman–Crippen MR) is 71.6 cm³/mol. The van der Waals surface area contributed by atoms with Gasteiger partial charge in [0.1, 0.15) is 6.04 Å². The summed E-state index contributed by atoms with van der Waals surface area (Å²) in [5.41, 5.74) is 0. The van der Waals surface area contributed by atoms with E-state index in [2.05, 4.69) is 5.32 Å². The lowest BCUT2D eigenvalue weighted by atomic mass is 10.0. The van der Waals surface area contributed by atoms with Crippen LogP contribution in [0.4, 0.5) is 0 Å². The monoisotopic (exact) mass is 272 g/mol. The normalized spacial score (nSPS) is 12.1. The molecular weight excluding hydrogens is 248 g/mol. The molecule has 0 aromatic rings. The molecule has 0 aromatic carbocycles. The first-order chi connectivity index (χ1) is 8.73. The van der Waals surface area contributed by atoms with Crippen LogP contribution in [-0.4, -0.2) is 47.9 Å². The van der Waals surface area contributed by atoms with Crippen molar-refractivity contribution in [3.05, 3.63) is 0 Å². The Morgan fingerprint density at radius 2 is 1.74 bits per heavy atom. The van der Waals surface area contributed by atoms with E-state index in [1.165, 1.54) is 4.90 Å². The number of hydrogen-bond acceptors (Lipinski definition) is 3. The van der Waals surface area contributed by atoms with E-state index in [1.807, 2.05) is 13.8 Å². The smallest absolute Gasteiger partial charge is 0.326 e. The maximum Gasteiger partial charge on any atom is 0.326 e. The van der Waals surface area contributed by atoms with Crippen LogP contribution in [0.2, 0.25) is 0 Å². The maximum atomic E-state index is 11.6. The van der Waals surface area contributed by atoms with E-state index >= 15 is 0 Å². The number of nitrogens with one attached hydrogen (secondary N) is 1. The highest BCUT2D eigenvalue weighted by atomic mass is 16.4. The lowest BCUT2D eigenvalue weighted by molar-refractivity contribution is -0.142. The van der Waals surface area contributed by atoms with Crippen molar-refractivity contribution in [1.29, 1.82) is 0 Å². The third-order valence-corrected chi connectivity index (χ3v) is 2.63. The molecule has 0 saturated heterocycles. The van der Waals surface area contributed by atoms with Gasteiger partial charge in [-0.1, -0.05) is 13.8 Å². The molecule has 110 valence electrons. The SMILES string of the molecule is CC(C)C[C@@H](NC(=O)CCCC(=O)N(C)C)C(=O)O. The lowest BCUT2D eigenvalue weighted by Gasteiger charge is -2.16. The molecule has 0 rings (SSSR count). The number of carbonyl (C=O) groups excluding carboxylic acids is 2. The van der Waals surface area contributed by atoms with Gasteiger partial charge in [0.25, 0.3) is 0 Å². The molecule has 1 atom stereocenters. The molecule has 0 bridgehead atoms. The van der Waals surface area contributed by atoms with Crippen molar-refractivity contribution in [1.82, 2.24) is 10.2 Å². The minimum Gasteiger partial charge on any atom is -0.480 e. The standard InChI is InChI=1S/C13H24N2O4/c1-9(2)8-10(13(18)19)14-11(16)6-5-7-12(17)15(3)4/h9-10H,5-8H2,1-4H3,(H,14,16)(H,18,19)/t10-/m1/s1. The van der Waals surface area contributed by atoms with Crippen molar-refractivity contribution in [2.45, 2.75) is 45.6 Å². The van der Waals surface area contributed by atoms with Gasteiger partial charge in [0.2, 0.25) is 11.8 Å². The fourth-order valence-electron chi connectivity index (χ4n) is 1.58. The zero-order valence-corrected chi connectivity index (χ0v) is 12.1. The molecule has 0 heterocycles. The third kappa shape index (κ3) is 8.18. The van der Waals surface area contributed by atoms with Gasteiger partial charge >= 0.3 is 5.97 Å². The van der Waals surface area contributed by atoms with Gasteiger partial charge in [0.05, 0.1) is 0 Å². The number of amides is 2. The van der Waals surface area contributed by atoms with E-state index < -0.39 is 12.0 Å². The van der Waals surface area contributed by atoms with Gasteiger partial charge in [-0.3, -0.25) is 9.59 Å². The number of carboxylic acids is 1. The van der Waals surface area contributed by atoms with E-state index in [0.29, 0.717) is 19.3 Å². The van der Waals surface area contributed by atoms with E-state index in [1.54, 1.807) is 14.1 Å². The highest BCUT2D eigenvalue weighted by Crippen LogP contribution is 2.06. The molecule has 2 amide bonds. The molecule has 19 heavy (non-hydrogen) atoms. The number of nitrogens with zero attached hydrogens (tertiary/aromatic N) is 1. The van der Waals surface area contributed by atoms with Crippen LogP contribution in [0.25, 0.3) is 0 Å². The van der Waals surface area contributed by atoms with Gasteiger partial charge < -0.3 is 15.3 Å². The van der Waals surface area contributed by atoms with Crippen molar-refractivity contribution < 1.29 is 19.5 Å². The molecule has 0 aliphatic heterocycles. The second-order valence-corrected chi connectivity index (χ2v) is 5.23. The van der Waals surface area contributed by atoms with Gasteiger partial charge in [-0.25, -0.2) is 4.79 Å². The zero-order chi connectivity index (χ0) is 15.0. The van der Waals surface area contributed by atoms with Crippen molar-refractivity contribution in [3.63, 3.8) is 0 Å². The highest BCUT2D eigenvalue weighted by Gasteiger charge is 2.20. The Morgan fingerprint density at radius 3 is 2.16 bits per heavy atom. The summed E-state index contributed by atoms with van der Waals surface area (Å²) in [6, 6.07) is -0.850. The van der Waals surface area contributed by atoms with Crippen LogP contribution < -0.4 is 5.32 Å². The van der Waals surface area contributed by atoms with E-state index in [4.69, 9.17) is 5.11 Å². The zero-order valence-electron chi connectivity index (χ0n) is 12.1. The van der Waals surface area contributed by atoms with Crippen molar-refractivity contribution in [3.8, 4) is 0 Å². The fourth-order valence-corrected chi connectivity index (χ4v) is 1.58. The van der Waals surface area contributed by atoms with Crippen LogP contribution >= 0.6 is 0 Å². The quantitative estimate of drug-likeness (QED) is 0.686. The van der Waals surface area contributed by atoms with Crippen LogP contribution in [0.15, 0.2) is 0 Å². The molecule has 0 aliphatic rings. The topological polar surface area (TPSA) is 86.7 Å².